The van der Waals surface area contributed by atoms with Crippen LogP contribution < -0.4 is 0 Å². The number of terminal acetylenes is 1. The molecule has 0 aromatic rings. The lowest BCUT2D eigenvalue weighted by molar-refractivity contribution is 0.536. The molecular formula is C10H10. The van der Waals surface area contributed by atoms with Crippen molar-refractivity contribution in [2.75, 3.05) is 0 Å². The molecule has 3 aliphatic carbocycles. The van der Waals surface area contributed by atoms with Gasteiger partial charge in [-0.2, -0.15) is 0 Å². The van der Waals surface area contributed by atoms with Gasteiger partial charge in [-0.15, -0.1) is 12.3 Å². The van der Waals surface area contributed by atoms with Crippen molar-refractivity contribution in [2.24, 2.45) is 29.6 Å². The Kier molecular flexibility index (Phi) is 0.663. The summed E-state index contributed by atoms with van der Waals surface area (Å²) in [7, 11) is 0. The highest BCUT2D eigenvalue weighted by Gasteiger charge is 2.62. The van der Waals surface area contributed by atoms with Crippen molar-refractivity contribution < 1.29 is 0 Å². The molecule has 3 aliphatic rings. The van der Waals surface area contributed by atoms with E-state index >= 15 is 0 Å². The van der Waals surface area contributed by atoms with E-state index in [2.05, 4.69) is 18.1 Å². The Bertz CT molecular complexity index is 225. The van der Waals surface area contributed by atoms with Crippen molar-refractivity contribution in [3.8, 4) is 12.3 Å². The summed E-state index contributed by atoms with van der Waals surface area (Å²) in [4.78, 5) is 0. The number of allylic oxidation sites excluding steroid dienone is 2. The summed E-state index contributed by atoms with van der Waals surface area (Å²) in [5.74, 6) is 7.10. The highest BCUT2D eigenvalue weighted by atomic mass is 14.6. The molecule has 0 heterocycles. The van der Waals surface area contributed by atoms with E-state index in [1.807, 2.05) is 0 Å². The fraction of sp³-hybridized carbons (Fsp3) is 0.600. The molecule has 2 bridgehead atoms. The van der Waals surface area contributed by atoms with Crippen LogP contribution in [-0.2, 0) is 0 Å². The molecule has 3 rings (SSSR count). The van der Waals surface area contributed by atoms with Crippen LogP contribution in [0.1, 0.15) is 6.42 Å². The van der Waals surface area contributed by atoms with Crippen molar-refractivity contribution in [3.63, 3.8) is 0 Å². The first-order valence-electron chi connectivity index (χ1n) is 4.06. The molecule has 50 valence electrons. The summed E-state index contributed by atoms with van der Waals surface area (Å²) >= 11 is 0. The molecule has 10 heavy (non-hydrogen) atoms. The van der Waals surface area contributed by atoms with Gasteiger partial charge >= 0.3 is 0 Å². The molecule has 0 heteroatoms. The predicted octanol–water partition coefficient (Wildman–Crippen LogP) is 1.69. The van der Waals surface area contributed by atoms with E-state index in [0.29, 0.717) is 5.92 Å². The molecule has 0 amide bonds. The zero-order valence-corrected chi connectivity index (χ0v) is 5.83. The largest absolute Gasteiger partial charge is 0.120 e. The smallest absolute Gasteiger partial charge is 0.0274 e. The summed E-state index contributed by atoms with van der Waals surface area (Å²) in [5.41, 5.74) is 0. The van der Waals surface area contributed by atoms with Crippen LogP contribution in [0.2, 0.25) is 0 Å². The fourth-order valence-corrected chi connectivity index (χ4v) is 3.01. The van der Waals surface area contributed by atoms with Gasteiger partial charge in [0.15, 0.2) is 0 Å². The summed E-state index contributed by atoms with van der Waals surface area (Å²) in [5, 5.41) is 0. The standard InChI is InChI=1S/C10H10/c1-2-8-9-6-3-4-7(5-6)10(8)9/h1,3-4,6-10H,5H2/t6-,7+,8?,9-,10+. The molecule has 0 spiro atoms. The van der Waals surface area contributed by atoms with Crippen LogP contribution in [0.15, 0.2) is 12.2 Å². The maximum absolute atomic E-state index is 5.40. The third kappa shape index (κ3) is 0.362. The van der Waals surface area contributed by atoms with Crippen LogP contribution >= 0.6 is 0 Å². The van der Waals surface area contributed by atoms with Gasteiger partial charge in [0, 0.05) is 5.92 Å². The van der Waals surface area contributed by atoms with Crippen molar-refractivity contribution in [3.05, 3.63) is 12.2 Å². The molecule has 0 aliphatic heterocycles. The van der Waals surface area contributed by atoms with Crippen LogP contribution in [0, 0.1) is 41.9 Å². The van der Waals surface area contributed by atoms with Gasteiger partial charge in [0.05, 0.1) is 0 Å². The first kappa shape index (κ1) is 5.02. The molecular weight excluding hydrogens is 120 g/mol. The first-order valence-corrected chi connectivity index (χ1v) is 4.06. The van der Waals surface area contributed by atoms with Gasteiger partial charge in [-0.3, -0.25) is 0 Å². The average molecular weight is 130 g/mol. The monoisotopic (exact) mass is 130 g/mol. The Labute approximate surface area is 61.3 Å². The van der Waals surface area contributed by atoms with Crippen molar-refractivity contribution in [2.45, 2.75) is 6.42 Å². The van der Waals surface area contributed by atoms with Gasteiger partial charge in [0.1, 0.15) is 0 Å². The number of hydrogen-bond acceptors (Lipinski definition) is 0. The predicted molar refractivity (Wildman–Crippen MR) is 40.0 cm³/mol. The summed E-state index contributed by atoms with van der Waals surface area (Å²) < 4.78 is 0. The minimum absolute atomic E-state index is 0.652. The lowest BCUT2D eigenvalue weighted by Gasteiger charge is -2.02. The van der Waals surface area contributed by atoms with Gasteiger partial charge in [0.25, 0.3) is 0 Å². The van der Waals surface area contributed by atoms with E-state index in [-0.39, 0.29) is 0 Å². The Morgan fingerprint density at radius 1 is 1.20 bits per heavy atom. The Balaban J connectivity index is 1.97. The first-order chi connectivity index (χ1) is 4.92. The minimum Gasteiger partial charge on any atom is -0.120 e. The summed E-state index contributed by atoms with van der Waals surface area (Å²) in [6.45, 7) is 0. The van der Waals surface area contributed by atoms with E-state index in [1.165, 1.54) is 6.42 Å². The van der Waals surface area contributed by atoms with Gasteiger partial charge in [-0.1, -0.05) is 12.2 Å². The van der Waals surface area contributed by atoms with E-state index < -0.39 is 0 Å². The molecule has 2 saturated carbocycles. The van der Waals surface area contributed by atoms with Crippen LogP contribution in [-0.4, -0.2) is 0 Å². The average Bonchev–Trinajstić information content (AvgIpc) is 2.36. The second-order valence-electron chi connectivity index (χ2n) is 3.80. The lowest BCUT2D eigenvalue weighted by atomic mass is 10.0. The van der Waals surface area contributed by atoms with E-state index in [4.69, 9.17) is 6.42 Å². The molecule has 0 radical (unpaired) electrons. The van der Waals surface area contributed by atoms with Crippen LogP contribution in [0.4, 0.5) is 0 Å². The van der Waals surface area contributed by atoms with Crippen molar-refractivity contribution in [1.82, 2.24) is 0 Å². The molecule has 0 N–H and O–H groups in total. The Morgan fingerprint density at radius 3 is 2.30 bits per heavy atom. The van der Waals surface area contributed by atoms with Crippen LogP contribution in [0.5, 0.6) is 0 Å². The third-order valence-electron chi connectivity index (χ3n) is 3.46. The summed E-state index contributed by atoms with van der Waals surface area (Å²) in [6.07, 6.45) is 11.6. The molecule has 0 aromatic carbocycles. The molecule has 0 nitrogen and oxygen atoms in total. The molecule has 0 aromatic heterocycles. The third-order valence-corrected chi connectivity index (χ3v) is 3.46. The van der Waals surface area contributed by atoms with Crippen LogP contribution in [0.25, 0.3) is 0 Å². The zero-order valence-electron chi connectivity index (χ0n) is 5.83. The Hall–Kier alpha value is -0.700. The van der Waals surface area contributed by atoms with Crippen molar-refractivity contribution >= 4 is 0 Å². The van der Waals surface area contributed by atoms with Crippen molar-refractivity contribution in [1.29, 1.82) is 0 Å². The van der Waals surface area contributed by atoms with E-state index in [9.17, 15) is 0 Å². The lowest BCUT2D eigenvalue weighted by Crippen LogP contribution is -1.96. The van der Waals surface area contributed by atoms with Gasteiger partial charge in [0.2, 0.25) is 0 Å². The SMILES string of the molecule is C#CC1[C@@H]2[C@H]1[C@H]1C=C[C@@H]2C1. The minimum atomic E-state index is 0.652. The maximum Gasteiger partial charge on any atom is 0.0274 e. The van der Waals surface area contributed by atoms with Gasteiger partial charge in [-0.05, 0) is 30.1 Å². The number of rotatable bonds is 0. The van der Waals surface area contributed by atoms with Gasteiger partial charge < -0.3 is 0 Å². The number of fused-ring (bicyclic) bond motifs is 5. The molecule has 5 atom stereocenters. The maximum atomic E-state index is 5.40. The quantitative estimate of drug-likeness (QED) is 0.346. The second kappa shape index (κ2) is 1.32. The zero-order chi connectivity index (χ0) is 6.72. The fourth-order valence-electron chi connectivity index (χ4n) is 3.01. The van der Waals surface area contributed by atoms with Gasteiger partial charge in [-0.25, -0.2) is 0 Å². The normalized spacial score (nSPS) is 60.1. The second-order valence-corrected chi connectivity index (χ2v) is 3.80. The van der Waals surface area contributed by atoms with E-state index in [0.717, 1.165) is 23.7 Å². The highest BCUT2D eigenvalue weighted by Crippen LogP contribution is 2.66. The number of hydrogen-bond donors (Lipinski definition) is 0. The Morgan fingerprint density at radius 2 is 1.80 bits per heavy atom. The topological polar surface area (TPSA) is 0 Å². The molecule has 1 unspecified atom stereocenters. The van der Waals surface area contributed by atoms with Crippen LogP contribution in [0.3, 0.4) is 0 Å². The molecule has 0 saturated heterocycles. The highest BCUT2D eigenvalue weighted by molar-refractivity contribution is 5.29. The van der Waals surface area contributed by atoms with E-state index in [1.54, 1.807) is 0 Å². The summed E-state index contributed by atoms with van der Waals surface area (Å²) in [6, 6.07) is 0. The molecule has 2 fully saturated rings.